The normalized spacial score (nSPS) is 21.1. The average Bonchev–Trinajstić information content (AvgIpc) is 4.06. The minimum absolute atomic E-state index is 0.0449. The highest BCUT2D eigenvalue weighted by Gasteiger charge is 2.48. The van der Waals surface area contributed by atoms with E-state index in [0.717, 1.165) is 107 Å². The molecule has 16 heteroatoms. The number of hydrogen-bond donors (Lipinski definition) is 3. The van der Waals surface area contributed by atoms with E-state index in [1.54, 1.807) is 6.07 Å². The van der Waals surface area contributed by atoms with Crippen molar-refractivity contribution in [1.82, 2.24) is 40.8 Å². The van der Waals surface area contributed by atoms with Crippen LogP contribution in [0.3, 0.4) is 0 Å². The number of hydrogen-bond acceptors (Lipinski definition) is 12. The molecule has 3 atom stereocenters. The monoisotopic (exact) mass is 914 g/mol. The molecule has 5 fully saturated rings. The molecule has 16 nitrogen and oxygen atoms in total. The van der Waals surface area contributed by atoms with Gasteiger partial charge in [-0.2, -0.15) is 10.1 Å². The van der Waals surface area contributed by atoms with Crippen molar-refractivity contribution < 1.29 is 28.5 Å². The SMILES string of the molecule is Cc1cc(-c2n[nH]c3ccc(-c4ccc(N5CCC(CN6CC7CC(C6)N7c6ccc7c(c6)C(=O)N(C6CCC(=O)NC6=O)C7=O)CC5)cc4)cc23)ccc1CNC(=O)c1nc(C(C)(C)C)no1. The lowest BCUT2D eigenvalue weighted by Gasteiger charge is -2.58. The van der Waals surface area contributed by atoms with E-state index in [4.69, 9.17) is 9.62 Å². The summed E-state index contributed by atoms with van der Waals surface area (Å²) >= 11 is 0. The van der Waals surface area contributed by atoms with Gasteiger partial charge in [0.1, 0.15) is 6.04 Å². The van der Waals surface area contributed by atoms with Crippen molar-refractivity contribution in [1.29, 1.82) is 0 Å². The van der Waals surface area contributed by atoms with E-state index >= 15 is 0 Å². The van der Waals surface area contributed by atoms with Gasteiger partial charge in [-0.15, -0.1) is 0 Å². The lowest BCUT2D eigenvalue weighted by atomic mass is 9.85. The number of piperidine rings is 3. The fraction of sp³-hybridized carbons (Fsp3) is 0.385. The highest BCUT2D eigenvalue weighted by atomic mass is 16.5. The molecule has 6 aliphatic heterocycles. The molecule has 4 aromatic carbocycles. The summed E-state index contributed by atoms with van der Waals surface area (Å²) in [7, 11) is 0. The van der Waals surface area contributed by atoms with Gasteiger partial charge in [0.15, 0.2) is 5.82 Å². The Bertz CT molecular complexity index is 3000. The van der Waals surface area contributed by atoms with Crippen molar-refractivity contribution in [2.75, 3.05) is 42.5 Å². The summed E-state index contributed by atoms with van der Waals surface area (Å²) in [5.74, 6) is -1.26. The standard InChI is InChI=1S/C52H54N10O6/c1-29-21-33(5-6-34(29)25-53-47(65)48-55-51(58-68-48)52(2,3)4)45-41-22-32(9-14-42(41)56-57-45)31-7-10-35(11-8-31)60-19-17-30(18-20-60)26-59-27-37-23-38(28-59)61(37)36-12-13-39-40(24-36)50(67)62(49(39)66)43-15-16-44(63)54-46(43)64/h5-14,21-22,24,30,37-38,43H,15-20,23,25-28H2,1-4H3,(H,53,65)(H,56,57)(H,54,63,64). The molecular formula is C52H54N10O6. The van der Waals surface area contributed by atoms with Crippen molar-refractivity contribution in [2.24, 2.45) is 5.92 Å². The number of piperazine rings is 1. The maximum Gasteiger partial charge on any atom is 0.315 e. The molecule has 68 heavy (non-hydrogen) atoms. The molecule has 3 N–H and O–H groups in total. The molecule has 348 valence electrons. The lowest BCUT2D eigenvalue weighted by molar-refractivity contribution is -0.136. The average molecular weight is 915 g/mol. The molecule has 5 saturated heterocycles. The summed E-state index contributed by atoms with van der Waals surface area (Å²) in [5.41, 5.74) is 9.60. The smallest absolute Gasteiger partial charge is 0.315 e. The van der Waals surface area contributed by atoms with E-state index in [0.29, 0.717) is 41.5 Å². The highest BCUT2D eigenvalue weighted by molar-refractivity contribution is 6.23. The molecule has 0 aliphatic carbocycles. The second kappa shape index (κ2) is 16.8. The Labute approximate surface area is 393 Å². The van der Waals surface area contributed by atoms with Crippen LogP contribution in [0.2, 0.25) is 0 Å². The summed E-state index contributed by atoms with van der Waals surface area (Å²) in [5, 5.41) is 18.1. The summed E-state index contributed by atoms with van der Waals surface area (Å²) in [4.78, 5) is 76.5. The first-order valence-electron chi connectivity index (χ1n) is 23.7. The predicted molar refractivity (Wildman–Crippen MR) is 255 cm³/mol. The third-order valence-electron chi connectivity index (χ3n) is 14.6. The third kappa shape index (κ3) is 7.89. The van der Waals surface area contributed by atoms with Crippen LogP contribution < -0.4 is 20.4 Å². The number of H-pyrrole nitrogens is 1. The van der Waals surface area contributed by atoms with Crippen LogP contribution in [0.1, 0.15) is 101 Å². The third-order valence-corrected chi connectivity index (χ3v) is 14.6. The number of amides is 5. The Morgan fingerprint density at radius 3 is 2.26 bits per heavy atom. The Morgan fingerprint density at radius 2 is 1.54 bits per heavy atom. The van der Waals surface area contributed by atoms with Gasteiger partial charge in [0, 0.05) is 85.5 Å². The van der Waals surface area contributed by atoms with Crippen LogP contribution in [0.25, 0.3) is 33.3 Å². The summed E-state index contributed by atoms with van der Waals surface area (Å²) in [6.07, 6.45) is 3.62. The van der Waals surface area contributed by atoms with E-state index in [1.165, 1.54) is 5.69 Å². The number of aryl methyl sites for hydroxylation is 1. The van der Waals surface area contributed by atoms with Gasteiger partial charge in [-0.1, -0.05) is 56.3 Å². The van der Waals surface area contributed by atoms with Crippen molar-refractivity contribution >= 4 is 51.8 Å². The predicted octanol–water partition coefficient (Wildman–Crippen LogP) is 6.40. The van der Waals surface area contributed by atoms with Gasteiger partial charge in [-0.05, 0) is 109 Å². The van der Waals surface area contributed by atoms with Gasteiger partial charge < -0.3 is 19.6 Å². The van der Waals surface area contributed by atoms with Gasteiger partial charge in [0.2, 0.25) is 11.8 Å². The zero-order valence-corrected chi connectivity index (χ0v) is 38.7. The number of carbonyl (C=O) groups excluding carboxylic acids is 5. The number of benzene rings is 4. The number of imide groups is 2. The first kappa shape index (κ1) is 43.4. The first-order valence-corrected chi connectivity index (χ1v) is 23.7. The van der Waals surface area contributed by atoms with Gasteiger partial charge >= 0.3 is 11.8 Å². The Morgan fingerprint density at radius 1 is 0.824 bits per heavy atom. The Kier molecular flexibility index (Phi) is 10.7. The van der Waals surface area contributed by atoms with E-state index < -0.39 is 29.7 Å². The van der Waals surface area contributed by atoms with Crippen LogP contribution in [0.5, 0.6) is 0 Å². The van der Waals surface area contributed by atoms with Gasteiger partial charge in [0.05, 0.1) is 22.3 Å². The van der Waals surface area contributed by atoms with Crippen LogP contribution in [-0.4, -0.2) is 111 Å². The van der Waals surface area contributed by atoms with E-state index in [-0.39, 0.29) is 30.1 Å². The molecular weight excluding hydrogens is 861 g/mol. The molecule has 12 rings (SSSR count). The number of fused-ring (bicyclic) bond motifs is 4. The molecule has 3 unspecified atom stereocenters. The second-order valence-corrected chi connectivity index (χ2v) is 20.2. The van der Waals surface area contributed by atoms with Crippen molar-refractivity contribution in [3.63, 3.8) is 0 Å². The second-order valence-electron chi connectivity index (χ2n) is 20.2. The quantitative estimate of drug-likeness (QED) is 0.129. The maximum absolute atomic E-state index is 13.5. The largest absolute Gasteiger partial charge is 0.372 e. The molecule has 6 aromatic rings. The highest BCUT2D eigenvalue weighted by Crippen LogP contribution is 2.40. The number of aromatic amines is 1. The van der Waals surface area contributed by atoms with Gasteiger partial charge in [0.25, 0.3) is 11.8 Å². The first-order chi connectivity index (χ1) is 32.7. The molecule has 8 heterocycles. The molecule has 2 aromatic heterocycles. The van der Waals surface area contributed by atoms with Crippen molar-refractivity contribution in [3.8, 4) is 22.4 Å². The van der Waals surface area contributed by atoms with Crippen LogP contribution in [0, 0.1) is 12.8 Å². The Balaban J connectivity index is 0.675. The molecule has 0 saturated carbocycles. The van der Waals surface area contributed by atoms with Crippen LogP contribution in [0.15, 0.2) is 83.4 Å². The molecule has 2 bridgehead atoms. The minimum atomic E-state index is -0.967. The maximum atomic E-state index is 13.5. The lowest BCUT2D eigenvalue weighted by Crippen LogP contribution is -2.69. The number of rotatable bonds is 10. The molecule has 5 amide bonds. The van der Waals surface area contributed by atoms with Crippen LogP contribution >= 0.6 is 0 Å². The number of nitrogens with one attached hydrogen (secondary N) is 3. The van der Waals surface area contributed by atoms with Gasteiger partial charge in [-0.3, -0.25) is 44.2 Å². The molecule has 0 radical (unpaired) electrons. The molecule has 6 aliphatic rings. The summed E-state index contributed by atoms with van der Waals surface area (Å²) in [6.45, 7) is 13.3. The molecule has 0 spiro atoms. The summed E-state index contributed by atoms with van der Waals surface area (Å²) in [6, 6.07) is 26.7. The number of anilines is 2. The topological polar surface area (TPSA) is 190 Å². The minimum Gasteiger partial charge on any atom is -0.372 e. The zero-order valence-electron chi connectivity index (χ0n) is 38.7. The van der Waals surface area contributed by atoms with E-state index in [1.807, 2.05) is 52.0 Å². The van der Waals surface area contributed by atoms with Crippen molar-refractivity contribution in [3.05, 3.63) is 113 Å². The van der Waals surface area contributed by atoms with Crippen LogP contribution in [-0.2, 0) is 21.5 Å². The fourth-order valence-electron chi connectivity index (χ4n) is 10.8. The van der Waals surface area contributed by atoms with E-state index in [2.05, 4.69) is 89.1 Å². The zero-order chi connectivity index (χ0) is 47.0. The number of carbonyl (C=O) groups is 5. The van der Waals surface area contributed by atoms with Crippen molar-refractivity contribution in [2.45, 2.75) is 89.9 Å². The van der Waals surface area contributed by atoms with Gasteiger partial charge in [-0.25, -0.2) is 0 Å². The van der Waals surface area contributed by atoms with Crippen LogP contribution in [0.4, 0.5) is 11.4 Å². The fourth-order valence-corrected chi connectivity index (χ4v) is 10.8. The number of nitrogens with zero attached hydrogens (tertiary/aromatic N) is 7. The Hall–Kier alpha value is -7.20. The summed E-state index contributed by atoms with van der Waals surface area (Å²) < 4.78 is 5.21. The number of aromatic nitrogens is 4. The van der Waals surface area contributed by atoms with E-state index in [9.17, 15) is 24.0 Å².